The monoisotopic (exact) mass is 372 g/mol. The maximum atomic E-state index is 11.5. The van der Waals surface area contributed by atoms with Crippen LogP contribution in [0.15, 0.2) is 41.5 Å². The summed E-state index contributed by atoms with van der Waals surface area (Å²) in [4.78, 5) is 11.5. The molecule has 2 aromatic carbocycles. The number of carbonyl (C=O) groups is 1. The zero-order chi connectivity index (χ0) is 19.1. The molecule has 7 nitrogen and oxygen atoms in total. The van der Waals surface area contributed by atoms with Gasteiger partial charge in [0.05, 0.1) is 32.0 Å². The van der Waals surface area contributed by atoms with Gasteiger partial charge in [0.25, 0.3) is 0 Å². The van der Waals surface area contributed by atoms with Crippen molar-refractivity contribution in [2.24, 2.45) is 5.10 Å². The highest BCUT2D eigenvalue weighted by atomic mass is 32.1. The largest absolute Gasteiger partial charge is 0.545 e. The molecular weight excluding hydrogens is 354 g/mol. The van der Waals surface area contributed by atoms with Gasteiger partial charge in [-0.15, -0.1) is 0 Å². The number of hydrogen-bond donors (Lipinski definition) is 2. The minimum absolute atomic E-state index is 0.0665. The molecule has 0 saturated carbocycles. The number of rotatable bonds is 6. The van der Waals surface area contributed by atoms with Crippen LogP contribution in [0.25, 0.3) is 0 Å². The molecular formula is C18H18N3O4S-. The lowest BCUT2D eigenvalue weighted by Gasteiger charge is -2.15. The number of hydrogen-bond acceptors (Lipinski definition) is 6. The zero-order valence-electron chi connectivity index (χ0n) is 14.5. The van der Waals surface area contributed by atoms with Crippen molar-refractivity contribution < 1.29 is 19.4 Å². The van der Waals surface area contributed by atoms with Crippen LogP contribution in [-0.4, -0.2) is 31.5 Å². The van der Waals surface area contributed by atoms with Gasteiger partial charge in [-0.3, -0.25) is 5.43 Å². The number of methoxy groups -OCH3 is 2. The Bertz CT molecular complexity index is 835. The molecule has 136 valence electrons. The summed E-state index contributed by atoms with van der Waals surface area (Å²) in [6, 6.07) is 10.8. The van der Waals surface area contributed by atoms with Crippen molar-refractivity contribution in [3.05, 3.63) is 53.1 Å². The number of ether oxygens (including phenoxy) is 2. The molecule has 0 heterocycles. The van der Waals surface area contributed by atoms with E-state index in [1.54, 1.807) is 6.07 Å². The highest BCUT2D eigenvalue weighted by Crippen LogP contribution is 2.32. The van der Waals surface area contributed by atoms with Crippen LogP contribution in [0, 0.1) is 6.92 Å². The summed E-state index contributed by atoms with van der Waals surface area (Å²) in [5, 5.41) is 18.7. The minimum atomic E-state index is -1.40. The van der Waals surface area contributed by atoms with Crippen LogP contribution in [0.1, 0.15) is 21.5 Å². The standard InChI is InChI=1S/C18H19N3O4S/c1-11-4-7-13(8-5-11)20-18(26)21-19-10-12-6-9-14(24-2)16(25-3)15(12)17(22)23/h4-10H,1-3H3,(H,22,23)(H2,20,21,26)/p-1/b19-10-. The Hall–Kier alpha value is -3.13. The molecule has 0 unspecified atom stereocenters. The van der Waals surface area contributed by atoms with Crippen molar-refractivity contribution in [2.45, 2.75) is 6.92 Å². The quantitative estimate of drug-likeness (QED) is 0.453. The van der Waals surface area contributed by atoms with Gasteiger partial charge in [-0.05, 0) is 43.4 Å². The van der Waals surface area contributed by atoms with E-state index in [0.717, 1.165) is 11.3 Å². The number of nitrogens with one attached hydrogen (secondary N) is 2. The second kappa shape index (κ2) is 8.82. The fourth-order valence-corrected chi connectivity index (χ4v) is 2.39. The summed E-state index contributed by atoms with van der Waals surface area (Å²) in [5.74, 6) is -1.05. The lowest BCUT2D eigenvalue weighted by molar-refractivity contribution is -0.255. The first kappa shape index (κ1) is 19.2. The van der Waals surface area contributed by atoms with Gasteiger partial charge in [0, 0.05) is 11.3 Å². The Morgan fingerprint density at radius 2 is 1.85 bits per heavy atom. The van der Waals surface area contributed by atoms with Gasteiger partial charge < -0.3 is 24.7 Å². The predicted molar refractivity (Wildman–Crippen MR) is 102 cm³/mol. The summed E-state index contributed by atoms with van der Waals surface area (Å²) in [7, 11) is 2.77. The average molecular weight is 372 g/mol. The van der Waals surface area contributed by atoms with E-state index in [9.17, 15) is 9.90 Å². The Morgan fingerprint density at radius 3 is 2.42 bits per heavy atom. The number of carbonyl (C=O) groups excluding carboxylic acids is 1. The minimum Gasteiger partial charge on any atom is -0.545 e. The van der Waals surface area contributed by atoms with E-state index in [1.807, 2.05) is 31.2 Å². The summed E-state index contributed by atoms with van der Waals surface area (Å²) in [6.45, 7) is 1.99. The number of nitrogens with zero attached hydrogens (tertiary/aromatic N) is 1. The Morgan fingerprint density at radius 1 is 1.15 bits per heavy atom. The zero-order valence-corrected chi connectivity index (χ0v) is 15.3. The molecule has 0 spiro atoms. The van der Waals surface area contributed by atoms with Crippen molar-refractivity contribution in [1.29, 1.82) is 0 Å². The summed E-state index contributed by atoms with van der Waals surface area (Å²) in [6.07, 6.45) is 1.32. The third kappa shape index (κ3) is 4.70. The van der Waals surface area contributed by atoms with Crippen LogP contribution in [-0.2, 0) is 0 Å². The Kier molecular flexibility index (Phi) is 6.51. The van der Waals surface area contributed by atoms with Gasteiger partial charge in [0.15, 0.2) is 16.6 Å². The number of benzene rings is 2. The van der Waals surface area contributed by atoms with Crippen LogP contribution < -0.4 is 25.3 Å². The van der Waals surface area contributed by atoms with Crippen LogP contribution >= 0.6 is 12.2 Å². The molecule has 26 heavy (non-hydrogen) atoms. The van der Waals surface area contributed by atoms with E-state index in [1.165, 1.54) is 26.5 Å². The molecule has 8 heteroatoms. The predicted octanol–water partition coefficient (Wildman–Crippen LogP) is 1.70. The average Bonchev–Trinajstić information content (AvgIpc) is 2.62. The fraction of sp³-hybridized carbons (Fsp3) is 0.167. The smallest absolute Gasteiger partial charge is 0.191 e. The SMILES string of the molecule is COc1ccc(/C=N\NC(=S)Nc2ccc(C)cc2)c(C(=O)[O-])c1OC. The third-order valence-corrected chi connectivity index (χ3v) is 3.65. The maximum absolute atomic E-state index is 11.5. The van der Waals surface area contributed by atoms with Crippen molar-refractivity contribution >= 4 is 35.2 Å². The number of thiocarbonyl (C=S) groups is 1. The van der Waals surface area contributed by atoms with Crippen LogP contribution in [0.5, 0.6) is 11.5 Å². The van der Waals surface area contributed by atoms with E-state index in [0.29, 0.717) is 0 Å². The lowest BCUT2D eigenvalue weighted by Crippen LogP contribution is -2.26. The number of hydrazone groups is 1. The van der Waals surface area contributed by atoms with E-state index in [4.69, 9.17) is 21.7 Å². The number of aromatic carboxylic acids is 1. The molecule has 2 aromatic rings. The molecule has 0 atom stereocenters. The second-order valence-corrected chi connectivity index (χ2v) is 5.65. The summed E-state index contributed by atoms with van der Waals surface area (Å²) in [5.41, 5.74) is 4.70. The highest BCUT2D eigenvalue weighted by molar-refractivity contribution is 7.80. The van der Waals surface area contributed by atoms with Gasteiger partial charge in [-0.25, -0.2) is 0 Å². The van der Waals surface area contributed by atoms with Gasteiger partial charge in [-0.2, -0.15) is 5.10 Å². The number of carboxylic acid groups (broad SMARTS) is 1. The van der Waals surface area contributed by atoms with Crippen molar-refractivity contribution in [1.82, 2.24) is 5.43 Å². The second-order valence-electron chi connectivity index (χ2n) is 5.24. The first-order valence-electron chi connectivity index (χ1n) is 7.59. The van der Waals surface area contributed by atoms with E-state index in [2.05, 4.69) is 15.8 Å². The number of aryl methyl sites for hydroxylation is 1. The van der Waals surface area contributed by atoms with Gasteiger partial charge in [0.1, 0.15) is 0 Å². The molecule has 0 saturated heterocycles. The normalized spacial score (nSPS) is 10.4. The fourth-order valence-electron chi connectivity index (χ4n) is 2.22. The van der Waals surface area contributed by atoms with Gasteiger partial charge in [-0.1, -0.05) is 17.7 Å². The lowest BCUT2D eigenvalue weighted by atomic mass is 10.1. The Labute approximate surface area is 156 Å². The number of carboxylic acids is 1. The highest BCUT2D eigenvalue weighted by Gasteiger charge is 2.15. The van der Waals surface area contributed by atoms with Gasteiger partial charge >= 0.3 is 0 Å². The molecule has 0 bridgehead atoms. The summed E-state index contributed by atoms with van der Waals surface area (Å²) < 4.78 is 10.2. The van der Waals surface area contributed by atoms with Gasteiger partial charge in [0.2, 0.25) is 0 Å². The van der Waals surface area contributed by atoms with E-state index >= 15 is 0 Å². The summed E-state index contributed by atoms with van der Waals surface area (Å²) >= 11 is 5.15. The molecule has 0 radical (unpaired) electrons. The molecule has 0 aliphatic carbocycles. The number of anilines is 1. The van der Waals surface area contributed by atoms with Crippen LogP contribution in [0.4, 0.5) is 5.69 Å². The topological polar surface area (TPSA) is 95.0 Å². The van der Waals surface area contributed by atoms with E-state index in [-0.39, 0.29) is 27.7 Å². The third-order valence-electron chi connectivity index (χ3n) is 3.46. The van der Waals surface area contributed by atoms with Crippen molar-refractivity contribution in [2.75, 3.05) is 19.5 Å². The Balaban J connectivity index is 2.13. The van der Waals surface area contributed by atoms with Crippen LogP contribution in [0.2, 0.25) is 0 Å². The molecule has 0 aromatic heterocycles. The van der Waals surface area contributed by atoms with Crippen molar-refractivity contribution in [3.8, 4) is 11.5 Å². The first-order valence-corrected chi connectivity index (χ1v) is 8.00. The molecule has 0 fully saturated rings. The molecule has 2 N–H and O–H groups in total. The molecule has 0 aliphatic heterocycles. The maximum Gasteiger partial charge on any atom is 0.191 e. The molecule has 2 rings (SSSR count). The van der Waals surface area contributed by atoms with Crippen LogP contribution in [0.3, 0.4) is 0 Å². The first-order chi connectivity index (χ1) is 12.5. The van der Waals surface area contributed by atoms with Crippen molar-refractivity contribution in [3.63, 3.8) is 0 Å². The molecule has 0 aliphatic rings. The van der Waals surface area contributed by atoms with E-state index < -0.39 is 5.97 Å². The molecule has 0 amide bonds.